The molecule has 0 amide bonds. The summed E-state index contributed by atoms with van der Waals surface area (Å²) in [5.74, 6) is 0.377. The number of halogens is 3. The zero-order valence-electron chi connectivity index (χ0n) is 15.5. The Hall–Kier alpha value is -2.37. The first-order valence-corrected chi connectivity index (χ1v) is 9.27. The Kier molecular flexibility index (Phi) is 7.82. The maximum atomic E-state index is 12.2. The largest absolute Gasteiger partial charge is 0.573 e. The molecule has 0 heterocycles. The molecule has 27 heavy (non-hydrogen) atoms. The van der Waals surface area contributed by atoms with Crippen molar-refractivity contribution in [1.82, 2.24) is 0 Å². The molecule has 0 aliphatic rings. The van der Waals surface area contributed by atoms with E-state index < -0.39 is 6.36 Å². The van der Waals surface area contributed by atoms with Gasteiger partial charge in [-0.2, -0.15) is 0 Å². The van der Waals surface area contributed by atoms with Crippen LogP contribution in [-0.4, -0.2) is 13.0 Å². The summed E-state index contributed by atoms with van der Waals surface area (Å²) in [7, 11) is 0. The molecule has 148 valence electrons. The van der Waals surface area contributed by atoms with Crippen molar-refractivity contribution in [2.75, 3.05) is 12.3 Å². The van der Waals surface area contributed by atoms with E-state index in [-0.39, 0.29) is 5.75 Å². The summed E-state index contributed by atoms with van der Waals surface area (Å²) in [6, 6.07) is 11.1. The van der Waals surface area contributed by atoms with Crippen molar-refractivity contribution < 1.29 is 22.6 Å². The average molecular weight is 381 g/mol. The molecule has 6 heteroatoms. The third-order valence-corrected chi connectivity index (χ3v) is 4.19. The predicted molar refractivity (Wildman–Crippen MR) is 102 cm³/mol. The molecular formula is C21H26F3NO2. The molecule has 0 aliphatic carbocycles. The van der Waals surface area contributed by atoms with Crippen LogP contribution in [0.3, 0.4) is 0 Å². The number of anilines is 1. The van der Waals surface area contributed by atoms with Crippen LogP contribution < -0.4 is 15.2 Å². The van der Waals surface area contributed by atoms with Crippen LogP contribution in [0, 0.1) is 0 Å². The van der Waals surface area contributed by atoms with E-state index in [0.29, 0.717) is 18.0 Å². The van der Waals surface area contributed by atoms with Crippen molar-refractivity contribution in [1.29, 1.82) is 0 Å². The lowest BCUT2D eigenvalue weighted by Crippen LogP contribution is -2.16. The molecule has 0 bridgehead atoms. The first-order valence-electron chi connectivity index (χ1n) is 9.27. The Morgan fingerprint density at radius 2 is 1.48 bits per heavy atom. The van der Waals surface area contributed by atoms with E-state index in [1.165, 1.54) is 37.8 Å². The molecule has 2 aromatic carbocycles. The van der Waals surface area contributed by atoms with E-state index in [4.69, 9.17) is 10.5 Å². The maximum Gasteiger partial charge on any atom is 0.573 e. The molecule has 2 N–H and O–H groups in total. The topological polar surface area (TPSA) is 44.5 Å². The summed E-state index contributed by atoms with van der Waals surface area (Å²) < 4.78 is 46.3. The monoisotopic (exact) mass is 381 g/mol. The SMILES string of the molecule is CCCCCCCCOc1ccc(-c2ccc(OC(F)(F)F)cc2)cc1N. The van der Waals surface area contributed by atoms with Crippen LogP contribution in [0.1, 0.15) is 45.4 Å². The molecule has 3 nitrogen and oxygen atoms in total. The van der Waals surface area contributed by atoms with Gasteiger partial charge in [0.25, 0.3) is 0 Å². The predicted octanol–water partition coefficient (Wildman–Crippen LogP) is 6.57. The van der Waals surface area contributed by atoms with E-state index in [1.807, 2.05) is 6.07 Å². The van der Waals surface area contributed by atoms with Crippen molar-refractivity contribution in [3.63, 3.8) is 0 Å². The number of benzene rings is 2. The van der Waals surface area contributed by atoms with Crippen LogP contribution in [0.15, 0.2) is 42.5 Å². The Morgan fingerprint density at radius 1 is 0.852 bits per heavy atom. The van der Waals surface area contributed by atoms with E-state index in [9.17, 15) is 13.2 Å². The van der Waals surface area contributed by atoms with Gasteiger partial charge in [0.15, 0.2) is 0 Å². The van der Waals surface area contributed by atoms with Gasteiger partial charge in [0, 0.05) is 0 Å². The van der Waals surface area contributed by atoms with Gasteiger partial charge in [0.2, 0.25) is 0 Å². The molecule has 0 fully saturated rings. The highest BCUT2D eigenvalue weighted by molar-refractivity contribution is 5.71. The first-order chi connectivity index (χ1) is 12.9. The highest BCUT2D eigenvalue weighted by Crippen LogP contribution is 2.31. The number of alkyl halides is 3. The molecule has 0 spiro atoms. The quantitative estimate of drug-likeness (QED) is 0.374. The zero-order chi connectivity index (χ0) is 19.7. The van der Waals surface area contributed by atoms with E-state index >= 15 is 0 Å². The summed E-state index contributed by atoms with van der Waals surface area (Å²) in [5.41, 5.74) is 8.11. The highest BCUT2D eigenvalue weighted by Gasteiger charge is 2.30. The van der Waals surface area contributed by atoms with Crippen LogP contribution >= 0.6 is 0 Å². The van der Waals surface area contributed by atoms with Gasteiger partial charge in [-0.05, 0) is 41.8 Å². The van der Waals surface area contributed by atoms with Crippen molar-refractivity contribution >= 4 is 5.69 Å². The summed E-state index contributed by atoms with van der Waals surface area (Å²) in [4.78, 5) is 0. The lowest BCUT2D eigenvalue weighted by Gasteiger charge is -2.12. The zero-order valence-corrected chi connectivity index (χ0v) is 15.5. The fourth-order valence-electron chi connectivity index (χ4n) is 2.77. The van der Waals surface area contributed by atoms with Crippen molar-refractivity contribution in [3.8, 4) is 22.6 Å². The third kappa shape index (κ3) is 7.41. The molecule has 0 unspecified atom stereocenters. The number of unbranched alkanes of at least 4 members (excludes halogenated alkanes) is 5. The smallest absolute Gasteiger partial charge is 0.491 e. The Labute approximate surface area is 158 Å². The number of rotatable bonds is 10. The van der Waals surface area contributed by atoms with Crippen LogP contribution in [0.5, 0.6) is 11.5 Å². The molecular weight excluding hydrogens is 355 g/mol. The number of ether oxygens (including phenoxy) is 2. The number of nitrogen functional groups attached to an aromatic ring is 1. The van der Waals surface area contributed by atoms with Gasteiger partial charge in [-0.15, -0.1) is 13.2 Å². The minimum absolute atomic E-state index is 0.252. The first kappa shape index (κ1) is 20.9. The molecule has 2 aromatic rings. The lowest BCUT2D eigenvalue weighted by molar-refractivity contribution is -0.274. The van der Waals surface area contributed by atoms with Crippen LogP contribution in [0.2, 0.25) is 0 Å². The van der Waals surface area contributed by atoms with Crippen LogP contribution in [0.4, 0.5) is 18.9 Å². The molecule has 0 saturated heterocycles. The molecule has 0 radical (unpaired) electrons. The normalized spacial score (nSPS) is 11.4. The van der Waals surface area contributed by atoms with Gasteiger partial charge in [0.1, 0.15) is 11.5 Å². The second-order valence-corrected chi connectivity index (χ2v) is 6.44. The molecule has 0 atom stereocenters. The highest BCUT2D eigenvalue weighted by atomic mass is 19.4. The lowest BCUT2D eigenvalue weighted by atomic mass is 10.0. The summed E-state index contributed by atoms with van der Waals surface area (Å²) >= 11 is 0. The minimum Gasteiger partial charge on any atom is -0.491 e. The van der Waals surface area contributed by atoms with Crippen LogP contribution in [-0.2, 0) is 0 Å². The van der Waals surface area contributed by atoms with Gasteiger partial charge < -0.3 is 15.2 Å². The van der Waals surface area contributed by atoms with Gasteiger partial charge in [-0.25, -0.2) is 0 Å². The Morgan fingerprint density at radius 3 is 2.11 bits per heavy atom. The second kappa shape index (κ2) is 10.1. The van der Waals surface area contributed by atoms with E-state index in [1.54, 1.807) is 24.3 Å². The molecule has 2 rings (SSSR count). The maximum absolute atomic E-state index is 12.2. The summed E-state index contributed by atoms with van der Waals surface area (Å²) in [5, 5.41) is 0. The van der Waals surface area contributed by atoms with Crippen molar-refractivity contribution in [2.45, 2.75) is 51.8 Å². The van der Waals surface area contributed by atoms with Gasteiger partial charge in [-0.1, -0.05) is 57.2 Å². The molecule has 0 aromatic heterocycles. The fraction of sp³-hybridized carbons (Fsp3) is 0.429. The fourth-order valence-corrected chi connectivity index (χ4v) is 2.77. The Bertz CT molecular complexity index is 700. The Balaban J connectivity index is 1.88. The van der Waals surface area contributed by atoms with E-state index in [0.717, 1.165) is 24.0 Å². The van der Waals surface area contributed by atoms with Crippen LogP contribution in [0.25, 0.3) is 11.1 Å². The number of hydrogen-bond donors (Lipinski definition) is 1. The number of hydrogen-bond acceptors (Lipinski definition) is 3. The van der Waals surface area contributed by atoms with E-state index in [2.05, 4.69) is 11.7 Å². The van der Waals surface area contributed by atoms with Crippen molar-refractivity contribution in [2.24, 2.45) is 0 Å². The van der Waals surface area contributed by atoms with Gasteiger partial charge in [-0.3, -0.25) is 0 Å². The minimum atomic E-state index is -4.69. The molecule has 0 saturated carbocycles. The van der Waals surface area contributed by atoms with Crippen molar-refractivity contribution in [3.05, 3.63) is 42.5 Å². The summed E-state index contributed by atoms with van der Waals surface area (Å²) in [6.45, 7) is 2.82. The second-order valence-electron chi connectivity index (χ2n) is 6.44. The number of nitrogens with two attached hydrogens (primary N) is 1. The van der Waals surface area contributed by atoms with Gasteiger partial charge >= 0.3 is 6.36 Å². The third-order valence-electron chi connectivity index (χ3n) is 4.19. The summed E-state index contributed by atoms with van der Waals surface area (Å²) in [6.07, 6.45) is 2.44. The molecule has 0 aliphatic heterocycles. The standard InChI is InChI=1S/C21H26F3NO2/c1-2-3-4-5-6-7-14-26-20-13-10-17(15-19(20)25)16-8-11-18(12-9-16)27-21(22,23)24/h8-13,15H,2-7,14,25H2,1H3. The van der Waals surface area contributed by atoms with Gasteiger partial charge in [0.05, 0.1) is 12.3 Å². The average Bonchev–Trinajstić information content (AvgIpc) is 2.61.